The lowest BCUT2D eigenvalue weighted by Gasteiger charge is -2.13. The molecule has 0 saturated heterocycles. The van der Waals surface area contributed by atoms with Gasteiger partial charge in [0.25, 0.3) is 0 Å². The van der Waals surface area contributed by atoms with Crippen LogP contribution in [0.3, 0.4) is 0 Å². The predicted octanol–water partition coefficient (Wildman–Crippen LogP) is 1.73. The van der Waals surface area contributed by atoms with Crippen molar-refractivity contribution in [2.75, 3.05) is 18.5 Å². The lowest BCUT2D eigenvalue weighted by Crippen LogP contribution is -2.30. The number of anilines is 1. The molecule has 1 aromatic heterocycles. The van der Waals surface area contributed by atoms with Crippen LogP contribution in [-0.2, 0) is 17.8 Å². The van der Waals surface area contributed by atoms with Gasteiger partial charge in [-0.15, -0.1) is 0 Å². The highest BCUT2D eigenvalue weighted by Gasteiger charge is 2.07. The van der Waals surface area contributed by atoms with E-state index in [-0.39, 0.29) is 25.6 Å². The number of aromatic nitrogens is 2. The molecule has 130 valence electrons. The molecule has 2 rings (SSSR count). The summed E-state index contributed by atoms with van der Waals surface area (Å²) in [6.45, 7) is 4.61. The minimum Gasteiger partial charge on any atom is -0.395 e. The van der Waals surface area contributed by atoms with Crippen molar-refractivity contribution >= 4 is 11.6 Å². The number of carbonyl (C=O) groups is 1. The highest BCUT2D eigenvalue weighted by molar-refractivity contribution is 5.75. The Hall–Kier alpha value is -2.34. The van der Waals surface area contributed by atoms with E-state index in [9.17, 15) is 4.79 Å². The van der Waals surface area contributed by atoms with Crippen LogP contribution in [0.5, 0.6) is 0 Å². The molecular weight excluding hydrogens is 304 g/mol. The van der Waals surface area contributed by atoms with Crippen molar-refractivity contribution in [1.29, 1.82) is 0 Å². The summed E-state index contributed by atoms with van der Waals surface area (Å²) >= 11 is 0. The molecule has 0 spiro atoms. The highest BCUT2D eigenvalue weighted by atomic mass is 16.3. The van der Waals surface area contributed by atoms with Gasteiger partial charge in [-0.2, -0.15) is 5.10 Å². The normalized spacial score (nSPS) is 12.0. The summed E-state index contributed by atoms with van der Waals surface area (Å²) in [7, 11) is 0. The van der Waals surface area contributed by atoms with Gasteiger partial charge in [0.2, 0.25) is 5.91 Å². The molecule has 1 amide bonds. The van der Waals surface area contributed by atoms with Crippen LogP contribution in [0.1, 0.15) is 24.5 Å². The predicted molar refractivity (Wildman–Crippen MR) is 94.9 cm³/mol. The second-order valence-corrected chi connectivity index (χ2v) is 6.07. The fraction of sp³-hybridized carbons (Fsp3) is 0.444. The summed E-state index contributed by atoms with van der Waals surface area (Å²) in [5, 5.41) is 18.9. The molecule has 0 radical (unpaired) electrons. The number of amides is 1. The van der Waals surface area contributed by atoms with Crippen LogP contribution in [0.4, 0.5) is 5.69 Å². The van der Waals surface area contributed by atoms with E-state index in [1.165, 1.54) is 11.1 Å². The number of carbonyl (C=O) groups excluding carboxylic acids is 1. The average molecular weight is 330 g/mol. The molecule has 0 bridgehead atoms. The maximum atomic E-state index is 11.6. The van der Waals surface area contributed by atoms with Crippen molar-refractivity contribution in [2.24, 2.45) is 0 Å². The van der Waals surface area contributed by atoms with Crippen molar-refractivity contribution in [1.82, 2.24) is 15.1 Å². The molecular formula is C18H26N4O2. The van der Waals surface area contributed by atoms with Gasteiger partial charge in [-0.1, -0.05) is 29.8 Å². The number of aliphatic hydroxyl groups excluding tert-OH is 1. The Morgan fingerprint density at radius 2 is 2.25 bits per heavy atom. The smallest absolute Gasteiger partial charge is 0.241 e. The summed E-state index contributed by atoms with van der Waals surface area (Å²) in [4.78, 5) is 11.6. The number of aryl methyl sites for hydroxylation is 2. The molecule has 0 fully saturated rings. The van der Waals surface area contributed by atoms with Gasteiger partial charge in [0.05, 0.1) is 18.5 Å². The molecule has 1 atom stereocenters. The third-order valence-electron chi connectivity index (χ3n) is 3.73. The summed E-state index contributed by atoms with van der Waals surface area (Å²) < 4.78 is 1.59. The van der Waals surface area contributed by atoms with Gasteiger partial charge < -0.3 is 15.7 Å². The number of benzene rings is 1. The monoisotopic (exact) mass is 330 g/mol. The zero-order valence-electron chi connectivity index (χ0n) is 14.3. The summed E-state index contributed by atoms with van der Waals surface area (Å²) in [5.41, 5.74) is 3.54. The number of nitrogens with one attached hydrogen (secondary N) is 2. The van der Waals surface area contributed by atoms with Gasteiger partial charge >= 0.3 is 0 Å². The topological polar surface area (TPSA) is 79.2 Å². The Morgan fingerprint density at radius 3 is 3.00 bits per heavy atom. The van der Waals surface area contributed by atoms with E-state index in [1.807, 2.05) is 6.20 Å². The number of hydrogen-bond donors (Lipinski definition) is 3. The van der Waals surface area contributed by atoms with Crippen LogP contribution in [0, 0.1) is 6.92 Å². The molecule has 1 aromatic carbocycles. The fourth-order valence-corrected chi connectivity index (χ4v) is 2.53. The van der Waals surface area contributed by atoms with Crippen molar-refractivity contribution in [3.63, 3.8) is 0 Å². The zero-order chi connectivity index (χ0) is 17.4. The highest BCUT2D eigenvalue weighted by Crippen LogP contribution is 2.12. The first-order chi connectivity index (χ1) is 11.6. The van der Waals surface area contributed by atoms with Gasteiger partial charge in [0, 0.05) is 18.8 Å². The summed E-state index contributed by atoms with van der Waals surface area (Å²) in [5.74, 6) is -0.161. The van der Waals surface area contributed by atoms with E-state index in [0.717, 1.165) is 18.5 Å². The fourth-order valence-electron chi connectivity index (χ4n) is 2.53. The summed E-state index contributed by atoms with van der Waals surface area (Å²) in [6.07, 6.45) is 5.59. The van der Waals surface area contributed by atoms with Crippen molar-refractivity contribution < 1.29 is 9.90 Å². The van der Waals surface area contributed by atoms with Crippen LogP contribution in [0.15, 0.2) is 36.7 Å². The summed E-state index contributed by atoms with van der Waals surface area (Å²) in [6, 6.07) is 8.88. The Bertz CT molecular complexity index is 654. The minimum absolute atomic E-state index is 0.0594. The van der Waals surface area contributed by atoms with E-state index in [0.29, 0.717) is 6.04 Å². The van der Waals surface area contributed by atoms with E-state index < -0.39 is 0 Å². The van der Waals surface area contributed by atoms with Crippen molar-refractivity contribution in [3.05, 3.63) is 47.8 Å². The number of rotatable bonds is 9. The SMILES string of the molecule is Cc1cccc(CCC(C)Nc2cnn(CC(=O)NCCO)c2)c1. The molecule has 24 heavy (non-hydrogen) atoms. The van der Waals surface area contributed by atoms with E-state index in [2.05, 4.69) is 53.8 Å². The van der Waals surface area contributed by atoms with Crippen LogP contribution < -0.4 is 10.6 Å². The number of nitrogens with zero attached hydrogens (tertiary/aromatic N) is 2. The number of aliphatic hydroxyl groups is 1. The maximum absolute atomic E-state index is 11.6. The molecule has 0 aliphatic heterocycles. The lowest BCUT2D eigenvalue weighted by atomic mass is 10.0. The van der Waals surface area contributed by atoms with E-state index in [1.54, 1.807) is 10.9 Å². The third-order valence-corrected chi connectivity index (χ3v) is 3.73. The van der Waals surface area contributed by atoms with E-state index in [4.69, 9.17) is 5.11 Å². The Kier molecular flexibility index (Phi) is 6.81. The second kappa shape index (κ2) is 9.08. The Labute approximate surface area is 142 Å². The molecule has 1 unspecified atom stereocenters. The molecule has 0 aliphatic rings. The molecule has 0 saturated carbocycles. The van der Waals surface area contributed by atoms with Gasteiger partial charge in [0.1, 0.15) is 6.54 Å². The molecule has 6 heteroatoms. The third kappa shape index (κ3) is 6.04. The Morgan fingerprint density at radius 1 is 1.42 bits per heavy atom. The van der Waals surface area contributed by atoms with Crippen molar-refractivity contribution in [3.8, 4) is 0 Å². The molecule has 1 heterocycles. The Balaban J connectivity index is 1.77. The van der Waals surface area contributed by atoms with Crippen LogP contribution in [0.25, 0.3) is 0 Å². The first-order valence-corrected chi connectivity index (χ1v) is 8.29. The van der Waals surface area contributed by atoms with Gasteiger partial charge in [-0.25, -0.2) is 0 Å². The second-order valence-electron chi connectivity index (χ2n) is 6.07. The zero-order valence-corrected chi connectivity index (χ0v) is 14.3. The molecule has 6 nitrogen and oxygen atoms in total. The minimum atomic E-state index is -0.161. The lowest BCUT2D eigenvalue weighted by molar-refractivity contribution is -0.122. The van der Waals surface area contributed by atoms with Crippen LogP contribution >= 0.6 is 0 Å². The van der Waals surface area contributed by atoms with Gasteiger partial charge in [-0.3, -0.25) is 9.48 Å². The number of hydrogen-bond acceptors (Lipinski definition) is 4. The molecule has 0 aliphatic carbocycles. The molecule has 3 N–H and O–H groups in total. The average Bonchev–Trinajstić information content (AvgIpc) is 2.98. The first-order valence-electron chi connectivity index (χ1n) is 8.29. The molecule has 2 aromatic rings. The van der Waals surface area contributed by atoms with Gasteiger partial charge in [-0.05, 0) is 32.3 Å². The van der Waals surface area contributed by atoms with Gasteiger partial charge in [0.15, 0.2) is 0 Å². The maximum Gasteiger partial charge on any atom is 0.241 e. The first kappa shape index (κ1) is 18.0. The standard InChI is InChI=1S/C18H26N4O2/c1-14-4-3-5-16(10-14)7-6-15(2)21-17-11-20-22(12-17)13-18(24)19-8-9-23/h3-5,10-12,15,21,23H,6-9,13H2,1-2H3,(H,19,24). The largest absolute Gasteiger partial charge is 0.395 e. The van der Waals surface area contributed by atoms with E-state index >= 15 is 0 Å². The van der Waals surface area contributed by atoms with Crippen LogP contribution in [-0.4, -0.2) is 40.0 Å². The quantitative estimate of drug-likeness (QED) is 0.654. The van der Waals surface area contributed by atoms with Crippen LogP contribution in [0.2, 0.25) is 0 Å². The van der Waals surface area contributed by atoms with Crippen molar-refractivity contribution in [2.45, 2.75) is 39.3 Å².